The monoisotopic (exact) mass is 325 g/mol. The molecule has 1 aliphatic heterocycles. The molecule has 0 radical (unpaired) electrons. The molecule has 3 nitrogen and oxygen atoms in total. The van der Waals surface area contributed by atoms with Crippen LogP contribution in [-0.4, -0.2) is 6.54 Å². The second kappa shape index (κ2) is 7.07. The summed E-state index contributed by atoms with van der Waals surface area (Å²) in [5, 5.41) is 18.6. The minimum absolute atomic E-state index is 0.501. The summed E-state index contributed by atoms with van der Waals surface area (Å²) in [6.45, 7) is 4.94. The van der Waals surface area contributed by atoms with Crippen molar-refractivity contribution in [2.24, 2.45) is 0 Å². The third-order valence-corrected chi connectivity index (χ3v) is 4.60. The van der Waals surface area contributed by atoms with Crippen molar-refractivity contribution in [1.82, 2.24) is 0 Å². The molecule has 0 saturated carbocycles. The van der Waals surface area contributed by atoms with Gasteiger partial charge in [-0.2, -0.15) is 10.5 Å². The minimum Gasteiger partial charge on any atom is -0.337 e. The Balaban J connectivity index is 2.18. The van der Waals surface area contributed by atoms with Crippen molar-refractivity contribution in [3.63, 3.8) is 0 Å². The van der Waals surface area contributed by atoms with Crippen LogP contribution in [0.5, 0.6) is 0 Å². The molecule has 0 N–H and O–H groups in total. The van der Waals surface area contributed by atoms with E-state index in [2.05, 4.69) is 55.2 Å². The SMILES string of the molecule is CC1=C/Cc2ccccc2N(c2cc(C#N)cc(C#N)c2)C/C=C\1C. The van der Waals surface area contributed by atoms with Crippen molar-refractivity contribution in [1.29, 1.82) is 10.5 Å². The average Bonchev–Trinajstić information content (AvgIpc) is 2.71. The lowest BCUT2D eigenvalue weighted by atomic mass is 10.0. The number of para-hydroxylation sites is 1. The van der Waals surface area contributed by atoms with Crippen LogP contribution in [-0.2, 0) is 6.42 Å². The number of fused-ring (bicyclic) bond motifs is 1. The molecule has 2 aromatic rings. The van der Waals surface area contributed by atoms with Gasteiger partial charge in [-0.1, -0.05) is 41.5 Å². The maximum absolute atomic E-state index is 9.30. The fraction of sp³-hybridized carbons (Fsp3) is 0.182. The zero-order chi connectivity index (χ0) is 17.8. The maximum atomic E-state index is 9.30. The topological polar surface area (TPSA) is 50.8 Å². The second-order valence-corrected chi connectivity index (χ2v) is 6.21. The van der Waals surface area contributed by atoms with Crippen LogP contribution < -0.4 is 4.90 Å². The van der Waals surface area contributed by atoms with Gasteiger partial charge in [-0.3, -0.25) is 0 Å². The van der Waals surface area contributed by atoms with E-state index in [1.807, 2.05) is 24.3 Å². The smallest absolute Gasteiger partial charge is 0.0992 e. The molecule has 0 amide bonds. The van der Waals surface area contributed by atoms with E-state index < -0.39 is 0 Å². The van der Waals surface area contributed by atoms with Crippen LogP contribution in [0, 0.1) is 22.7 Å². The van der Waals surface area contributed by atoms with Gasteiger partial charge < -0.3 is 4.90 Å². The van der Waals surface area contributed by atoms with Crippen LogP contribution in [0.3, 0.4) is 0 Å². The summed E-state index contributed by atoms with van der Waals surface area (Å²) in [6, 6.07) is 17.9. The molecule has 0 bridgehead atoms. The molecule has 0 fully saturated rings. The standard InChI is InChI=1S/C22H19N3/c1-16-7-8-20-5-3-4-6-22(20)25(10-9-17(16)2)21-12-18(14-23)11-19(13-21)15-24/h3-7,9,11-13H,8,10H2,1-2H3/b16-7-,17-9-. The van der Waals surface area contributed by atoms with Crippen LogP contribution in [0.2, 0.25) is 0 Å². The zero-order valence-corrected chi connectivity index (χ0v) is 14.5. The van der Waals surface area contributed by atoms with Crippen molar-refractivity contribution in [2.75, 3.05) is 11.4 Å². The molecule has 1 aliphatic rings. The molecule has 1 heterocycles. The largest absolute Gasteiger partial charge is 0.337 e. The third kappa shape index (κ3) is 3.47. The van der Waals surface area contributed by atoms with Crippen molar-refractivity contribution >= 4 is 11.4 Å². The normalized spacial score (nSPS) is 18.2. The first-order chi connectivity index (χ1) is 12.1. The number of allylic oxidation sites excluding steroid dienone is 3. The van der Waals surface area contributed by atoms with E-state index in [1.165, 1.54) is 16.7 Å². The minimum atomic E-state index is 0.501. The van der Waals surface area contributed by atoms with E-state index in [9.17, 15) is 10.5 Å². The lowest BCUT2D eigenvalue weighted by molar-refractivity contribution is 1.07. The molecule has 0 aliphatic carbocycles. The molecule has 25 heavy (non-hydrogen) atoms. The van der Waals surface area contributed by atoms with Gasteiger partial charge in [-0.25, -0.2) is 0 Å². The van der Waals surface area contributed by atoms with Crippen molar-refractivity contribution in [3.8, 4) is 12.1 Å². The summed E-state index contributed by atoms with van der Waals surface area (Å²) in [4.78, 5) is 2.17. The molecule has 0 atom stereocenters. The molecule has 2 aromatic carbocycles. The molecule has 0 unspecified atom stereocenters. The maximum Gasteiger partial charge on any atom is 0.0992 e. The van der Waals surface area contributed by atoms with Gasteiger partial charge in [0, 0.05) is 17.9 Å². The first-order valence-corrected chi connectivity index (χ1v) is 8.27. The van der Waals surface area contributed by atoms with Gasteiger partial charge >= 0.3 is 0 Å². The molecule has 3 heteroatoms. The van der Waals surface area contributed by atoms with Gasteiger partial charge in [0.25, 0.3) is 0 Å². The summed E-state index contributed by atoms with van der Waals surface area (Å²) in [5.74, 6) is 0. The highest BCUT2D eigenvalue weighted by Gasteiger charge is 2.15. The molecular formula is C22H19N3. The average molecular weight is 325 g/mol. The number of benzene rings is 2. The second-order valence-electron chi connectivity index (χ2n) is 6.21. The van der Waals surface area contributed by atoms with E-state index in [0.29, 0.717) is 17.7 Å². The van der Waals surface area contributed by atoms with Gasteiger partial charge in [0.2, 0.25) is 0 Å². The lowest BCUT2D eigenvalue weighted by Gasteiger charge is -2.26. The first-order valence-electron chi connectivity index (χ1n) is 8.27. The molecular weight excluding hydrogens is 306 g/mol. The van der Waals surface area contributed by atoms with Crippen LogP contribution in [0.15, 0.2) is 65.8 Å². The van der Waals surface area contributed by atoms with Gasteiger partial charge in [0.15, 0.2) is 0 Å². The van der Waals surface area contributed by atoms with Crippen LogP contribution >= 0.6 is 0 Å². The Kier molecular flexibility index (Phi) is 4.68. The van der Waals surface area contributed by atoms with E-state index in [-0.39, 0.29) is 0 Å². The number of hydrogen-bond donors (Lipinski definition) is 0. The van der Waals surface area contributed by atoms with E-state index in [0.717, 1.165) is 17.8 Å². The highest BCUT2D eigenvalue weighted by Crippen LogP contribution is 2.32. The molecule has 122 valence electrons. The van der Waals surface area contributed by atoms with Crippen molar-refractivity contribution < 1.29 is 0 Å². The van der Waals surface area contributed by atoms with Gasteiger partial charge in [0.1, 0.15) is 0 Å². The fourth-order valence-corrected chi connectivity index (χ4v) is 3.00. The highest BCUT2D eigenvalue weighted by atomic mass is 15.1. The third-order valence-electron chi connectivity index (χ3n) is 4.60. The van der Waals surface area contributed by atoms with Crippen LogP contribution in [0.4, 0.5) is 11.4 Å². The lowest BCUT2D eigenvalue weighted by Crippen LogP contribution is -2.19. The number of nitrogens with zero attached hydrogens (tertiary/aromatic N) is 3. The van der Waals surface area contributed by atoms with E-state index in [1.54, 1.807) is 6.07 Å². The Labute approximate surface area is 148 Å². The summed E-state index contributed by atoms with van der Waals surface area (Å²) in [6.07, 6.45) is 5.30. The quantitative estimate of drug-likeness (QED) is 0.740. The Bertz CT molecular complexity index is 920. The summed E-state index contributed by atoms with van der Waals surface area (Å²) in [7, 11) is 0. The van der Waals surface area contributed by atoms with Crippen LogP contribution in [0.1, 0.15) is 30.5 Å². The van der Waals surface area contributed by atoms with Crippen molar-refractivity contribution in [2.45, 2.75) is 20.3 Å². The van der Waals surface area contributed by atoms with Crippen LogP contribution in [0.25, 0.3) is 0 Å². The van der Waals surface area contributed by atoms with E-state index >= 15 is 0 Å². The summed E-state index contributed by atoms with van der Waals surface area (Å²) in [5.41, 5.74) is 6.73. The number of anilines is 2. The molecule has 0 aromatic heterocycles. The predicted molar refractivity (Wildman–Crippen MR) is 101 cm³/mol. The highest BCUT2D eigenvalue weighted by molar-refractivity contribution is 5.70. The zero-order valence-electron chi connectivity index (χ0n) is 14.5. The molecule has 3 rings (SSSR count). The predicted octanol–water partition coefficient (Wildman–Crippen LogP) is 5.02. The van der Waals surface area contributed by atoms with Gasteiger partial charge in [-0.15, -0.1) is 0 Å². The number of hydrogen-bond acceptors (Lipinski definition) is 3. The Hall–Kier alpha value is -3.30. The van der Waals surface area contributed by atoms with E-state index in [4.69, 9.17) is 0 Å². The fourth-order valence-electron chi connectivity index (χ4n) is 3.00. The Morgan fingerprint density at radius 3 is 2.20 bits per heavy atom. The molecule has 0 spiro atoms. The summed E-state index contributed by atoms with van der Waals surface area (Å²) >= 11 is 0. The number of nitriles is 2. The Morgan fingerprint density at radius 1 is 0.880 bits per heavy atom. The van der Waals surface area contributed by atoms with Gasteiger partial charge in [0.05, 0.1) is 23.3 Å². The van der Waals surface area contributed by atoms with Gasteiger partial charge in [-0.05, 0) is 50.1 Å². The molecule has 0 saturated heterocycles. The number of rotatable bonds is 1. The summed E-state index contributed by atoms with van der Waals surface area (Å²) < 4.78 is 0. The first kappa shape index (κ1) is 16.6. The van der Waals surface area contributed by atoms with Crippen molar-refractivity contribution in [3.05, 3.63) is 82.5 Å². The Morgan fingerprint density at radius 2 is 1.52 bits per heavy atom.